The number of hydrogen-bond acceptors (Lipinski definition) is 5. The fourth-order valence-corrected chi connectivity index (χ4v) is 4.25. The van der Waals surface area contributed by atoms with Crippen molar-refractivity contribution < 1.29 is 22.7 Å². The lowest BCUT2D eigenvalue weighted by Gasteiger charge is -2.27. The predicted octanol–water partition coefficient (Wildman–Crippen LogP) is 1.89. The molecule has 0 atom stereocenters. The molecule has 0 radical (unpaired) electrons. The van der Waals surface area contributed by atoms with Crippen LogP contribution >= 0.6 is 0 Å². The molecule has 1 heterocycles. The Balaban J connectivity index is 2.23. The normalized spacial score (nSPS) is 11.5. The van der Waals surface area contributed by atoms with Gasteiger partial charge in [-0.25, -0.2) is 8.42 Å². The fraction of sp³-hybridized carbons (Fsp3) is 0.381. The minimum atomic E-state index is -3.88. The van der Waals surface area contributed by atoms with Crippen molar-refractivity contribution in [3.8, 4) is 5.75 Å². The van der Waals surface area contributed by atoms with Crippen LogP contribution in [0.15, 0.2) is 60.1 Å². The molecule has 0 aliphatic rings. The Labute approximate surface area is 178 Å². The molecular formula is C21H29N3O5S. The molecule has 0 unspecified atom stereocenters. The number of sulfonamides is 1. The van der Waals surface area contributed by atoms with E-state index in [1.807, 2.05) is 29.9 Å². The third kappa shape index (κ3) is 5.94. The van der Waals surface area contributed by atoms with E-state index < -0.39 is 10.0 Å². The number of nitrogens with zero attached hydrogens (tertiary/aromatic N) is 3. The Morgan fingerprint density at radius 2 is 1.90 bits per heavy atom. The molecule has 1 aromatic heterocycles. The molecule has 0 N–H and O–H groups in total. The molecule has 2 aromatic rings. The Morgan fingerprint density at radius 3 is 2.43 bits per heavy atom. The summed E-state index contributed by atoms with van der Waals surface area (Å²) in [6.45, 7) is 4.41. The summed E-state index contributed by atoms with van der Waals surface area (Å²) < 4.78 is 39.5. The van der Waals surface area contributed by atoms with E-state index in [2.05, 4.69) is 6.58 Å². The first-order valence-corrected chi connectivity index (χ1v) is 10.9. The van der Waals surface area contributed by atoms with Crippen LogP contribution in [-0.4, -0.2) is 68.6 Å². The van der Waals surface area contributed by atoms with Crippen molar-refractivity contribution >= 4 is 15.9 Å². The molecule has 8 nitrogen and oxygen atoms in total. The van der Waals surface area contributed by atoms with Crippen LogP contribution in [0.25, 0.3) is 0 Å². The van der Waals surface area contributed by atoms with Gasteiger partial charge in [0.15, 0.2) is 0 Å². The molecule has 0 aliphatic carbocycles. The molecule has 0 saturated heterocycles. The van der Waals surface area contributed by atoms with Gasteiger partial charge < -0.3 is 18.9 Å². The van der Waals surface area contributed by atoms with Crippen LogP contribution in [0.1, 0.15) is 5.69 Å². The van der Waals surface area contributed by atoms with E-state index in [4.69, 9.17) is 9.47 Å². The third-order valence-corrected chi connectivity index (χ3v) is 6.49. The summed E-state index contributed by atoms with van der Waals surface area (Å²) in [4.78, 5) is 14.7. The molecule has 0 spiro atoms. The molecular weight excluding hydrogens is 406 g/mol. The summed E-state index contributed by atoms with van der Waals surface area (Å²) in [5.41, 5.74) is 0.938. The molecule has 0 bridgehead atoms. The smallest absolute Gasteiger partial charge is 0.243 e. The van der Waals surface area contributed by atoms with Crippen LogP contribution in [0.4, 0.5) is 0 Å². The number of rotatable bonds is 12. The molecule has 2 rings (SSSR count). The lowest BCUT2D eigenvalue weighted by molar-refractivity contribution is -0.132. The average Bonchev–Trinajstić information content (AvgIpc) is 3.15. The molecule has 30 heavy (non-hydrogen) atoms. The zero-order valence-corrected chi connectivity index (χ0v) is 18.5. The summed E-state index contributed by atoms with van der Waals surface area (Å²) in [5, 5.41) is 0. The maximum atomic E-state index is 13.1. The lowest BCUT2D eigenvalue weighted by Crippen LogP contribution is -2.44. The zero-order valence-electron chi connectivity index (χ0n) is 17.7. The highest BCUT2D eigenvalue weighted by molar-refractivity contribution is 7.89. The second-order valence-corrected chi connectivity index (χ2v) is 8.62. The highest BCUT2D eigenvalue weighted by atomic mass is 32.2. The number of carbonyl (C=O) groups is 1. The van der Waals surface area contributed by atoms with Crippen molar-refractivity contribution in [1.29, 1.82) is 0 Å². The fourth-order valence-electron chi connectivity index (χ4n) is 2.89. The quantitative estimate of drug-likeness (QED) is 0.476. The topological polar surface area (TPSA) is 81.1 Å². The van der Waals surface area contributed by atoms with E-state index in [0.29, 0.717) is 25.4 Å². The maximum Gasteiger partial charge on any atom is 0.243 e. The van der Waals surface area contributed by atoms with Gasteiger partial charge in [-0.1, -0.05) is 6.08 Å². The van der Waals surface area contributed by atoms with Crippen molar-refractivity contribution in [3.63, 3.8) is 0 Å². The van der Waals surface area contributed by atoms with Crippen molar-refractivity contribution in [2.24, 2.45) is 7.05 Å². The number of aryl methyl sites for hydroxylation is 1. The Bertz CT molecular complexity index is 938. The minimum Gasteiger partial charge on any atom is -0.497 e. The van der Waals surface area contributed by atoms with Crippen molar-refractivity contribution in [2.75, 3.05) is 40.5 Å². The highest BCUT2D eigenvalue weighted by Gasteiger charge is 2.28. The van der Waals surface area contributed by atoms with Gasteiger partial charge in [-0.3, -0.25) is 4.79 Å². The third-order valence-electron chi connectivity index (χ3n) is 4.66. The lowest BCUT2D eigenvalue weighted by atomic mass is 10.3. The molecule has 164 valence electrons. The van der Waals surface area contributed by atoms with Crippen LogP contribution in [0.2, 0.25) is 0 Å². The van der Waals surface area contributed by atoms with Gasteiger partial charge in [-0.15, -0.1) is 6.58 Å². The van der Waals surface area contributed by atoms with Crippen LogP contribution in [0.3, 0.4) is 0 Å². The second-order valence-electron chi connectivity index (χ2n) is 6.68. The molecule has 1 amide bonds. The summed E-state index contributed by atoms with van der Waals surface area (Å²) in [6, 6.07) is 9.88. The predicted molar refractivity (Wildman–Crippen MR) is 115 cm³/mol. The first kappa shape index (κ1) is 23.7. The SMILES string of the molecule is C=CCN(CC(=O)N(CCOC)Cc1cccn1C)S(=O)(=O)c1ccc(OC)cc1. The minimum absolute atomic E-state index is 0.0162. The van der Waals surface area contributed by atoms with Gasteiger partial charge in [-0.2, -0.15) is 4.31 Å². The van der Waals surface area contributed by atoms with Crippen LogP contribution in [0, 0.1) is 0 Å². The first-order valence-electron chi connectivity index (χ1n) is 9.45. The highest BCUT2D eigenvalue weighted by Crippen LogP contribution is 2.20. The second kappa shape index (κ2) is 11.0. The largest absolute Gasteiger partial charge is 0.497 e. The number of benzene rings is 1. The van der Waals surface area contributed by atoms with Crippen molar-refractivity contribution in [1.82, 2.24) is 13.8 Å². The van der Waals surface area contributed by atoms with Crippen LogP contribution < -0.4 is 4.74 Å². The van der Waals surface area contributed by atoms with Crippen molar-refractivity contribution in [3.05, 3.63) is 60.9 Å². The average molecular weight is 436 g/mol. The van der Waals surface area contributed by atoms with Crippen LogP contribution in [-0.2, 0) is 33.1 Å². The van der Waals surface area contributed by atoms with Crippen molar-refractivity contribution in [2.45, 2.75) is 11.4 Å². The Morgan fingerprint density at radius 1 is 1.20 bits per heavy atom. The van der Waals surface area contributed by atoms with Gasteiger partial charge in [-0.05, 0) is 36.4 Å². The van der Waals surface area contributed by atoms with Gasteiger partial charge in [0.1, 0.15) is 5.75 Å². The number of ether oxygens (including phenoxy) is 2. The summed E-state index contributed by atoms with van der Waals surface area (Å²) in [5.74, 6) is 0.237. The van der Waals surface area contributed by atoms with Gasteiger partial charge in [0.2, 0.25) is 15.9 Å². The van der Waals surface area contributed by atoms with E-state index in [9.17, 15) is 13.2 Å². The Hall–Kier alpha value is -2.62. The standard InChI is InChI=1S/C21H29N3O5S/c1-5-12-24(30(26,27)20-10-8-19(29-4)9-11-20)17-21(25)23(14-15-28-3)16-18-7-6-13-22(18)2/h5-11,13H,1,12,14-17H2,2-4H3. The van der Waals surface area contributed by atoms with Crippen LogP contribution in [0.5, 0.6) is 5.75 Å². The summed E-state index contributed by atoms with van der Waals surface area (Å²) in [7, 11) is 1.08. The van der Waals surface area contributed by atoms with Gasteiger partial charge >= 0.3 is 0 Å². The number of methoxy groups -OCH3 is 2. The van der Waals surface area contributed by atoms with Gasteiger partial charge in [0.25, 0.3) is 0 Å². The first-order chi connectivity index (χ1) is 14.3. The number of aromatic nitrogens is 1. The van der Waals surface area contributed by atoms with E-state index >= 15 is 0 Å². The number of hydrogen-bond donors (Lipinski definition) is 0. The zero-order chi connectivity index (χ0) is 22.1. The number of amides is 1. The van der Waals surface area contributed by atoms with E-state index in [0.717, 1.165) is 10.00 Å². The monoisotopic (exact) mass is 435 g/mol. The molecule has 9 heteroatoms. The summed E-state index contributed by atoms with van der Waals surface area (Å²) >= 11 is 0. The Kier molecular flexibility index (Phi) is 8.64. The summed E-state index contributed by atoms with van der Waals surface area (Å²) in [6.07, 6.45) is 3.36. The molecule has 0 fully saturated rings. The van der Waals surface area contributed by atoms with E-state index in [-0.39, 0.29) is 23.9 Å². The van der Waals surface area contributed by atoms with Gasteiger partial charge in [0, 0.05) is 39.1 Å². The maximum absolute atomic E-state index is 13.1. The van der Waals surface area contributed by atoms with E-state index in [1.54, 1.807) is 24.1 Å². The van der Waals surface area contributed by atoms with E-state index in [1.165, 1.54) is 25.3 Å². The molecule has 1 aromatic carbocycles. The van der Waals surface area contributed by atoms with Gasteiger partial charge in [0.05, 0.1) is 31.7 Å². The molecule has 0 aliphatic heterocycles. The number of carbonyl (C=O) groups excluding carboxylic acids is 1. The molecule has 0 saturated carbocycles.